The van der Waals surface area contributed by atoms with Gasteiger partial charge >= 0.3 is 0 Å². The Balaban J connectivity index is 1.46. The minimum atomic E-state index is -1.02. The second-order valence-electron chi connectivity index (χ2n) is 6.84. The molecule has 2 heterocycles. The number of benzene rings is 2. The van der Waals surface area contributed by atoms with Crippen molar-refractivity contribution in [2.24, 2.45) is 5.92 Å². The molecule has 28 heavy (non-hydrogen) atoms. The van der Waals surface area contributed by atoms with Gasteiger partial charge < -0.3 is 15.5 Å². The highest BCUT2D eigenvalue weighted by atomic mass is 35.5. The van der Waals surface area contributed by atoms with Gasteiger partial charge in [-0.05, 0) is 48.7 Å². The lowest BCUT2D eigenvalue weighted by Gasteiger charge is -2.25. The Morgan fingerprint density at radius 3 is 2.79 bits per heavy atom. The van der Waals surface area contributed by atoms with Gasteiger partial charge in [0.15, 0.2) is 0 Å². The SMILES string of the molecule is O=C1Nc2ccc(F)cc2CC1C(=O)NC1CCN(c2ccccc2Cl)C1=O. The van der Waals surface area contributed by atoms with Crippen molar-refractivity contribution in [1.82, 2.24) is 5.32 Å². The van der Waals surface area contributed by atoms with Crippen LogP contribution >= 0.6 is 11.6 Å². The molecule has 2 unspecified atom stereocenters. The van der Waals surface area contributed by atoms with Crippen LogP contribution in [-0.4, -0.2) is 30.3 Å². The average Bonchev–Trinajstić information content (AvgIpc) is 3.02. The molecule has 2 atom stereocenters. The quantitative estimate of drug-likeness (QED) is 0.776. The number of para-hydroxylation sites is 1. The molecular weight excluding hydrogens is 385 g/mol. The third kappa shape index (κ3) is 3.33. The van der Waals surface area contributed by atoms with E-state index in [0.29, 0.717) is 34.9 Å². The highest BCUT2D eigenvalue weighted by Crippen LogP contribution is 2.30. The molecular formula is C20H17ClFN3O3. The Morgan fingerprint density at radius 1 is 1.21 bits per heavy atom. The van der Waals surface area contributed by atoms with Gasteiger partial charge in [-0.3, -0.25) is 14.4 Å². The lowest BCUT2D eigenvalue weighted by molar-refractivity contribution is -0.135. The van der Waals surface area contributed by atoms with Crippen LogP contribution in [0.4, 0.5) is 15.8 Å². The summed E-state index contributed by atoms with van der Waals surface area (Å²) in [6.45, 7) is 0.415. The maximum Gasteiger partial charge on any atom is 0.249 e. The topological polar surface area (TPSA) is 78.5 Å². The fraction of sp³-hybridized carbons (Fsp3) is 0.250. The molecule has 2 aromatic rings. The van der Waals surface area contributed by atoms with E-state index in [1.165, 1.54) is 23.1 Å². The Hall–Kier alpha value is -2.93. The van der Waals surface area contributed by atoms with Gasteiger partial charge in [0.05, 0.1) is 10.7 Å². The summed E-state index contributed by atoms with van der Waals surface area (Å²) in [4.78, 5) is 39.2. The molecule has 1 fully saturated rings. The van der Waals surface area contributed by atoms with Crippen LogP contribution in [0.15, 0.2) is 42.5 Å². The summed E-state index contributed by atoms with van der Waals surface area (Å²) < 4.78 is 13.5. The van der Waals surface area contributed by atoms with E-state index in [2.05, 4.69) is 10.6 Å². The van der Waals surface area contributed by atoms with Gasteiger partial charge in [-0.2, -0.15) is 0 Å². The first-order valence-electron chi connectivity index (χ1n) is 8.89. The lowest BCUT2D eigenvalue weighted by Crippen LogP contribution is -2.48. The maximum absolute atomic E-state index is 13.5. The van der Waals surface area contributed by atoms with E-state index in [0.717, 1.165) is 0 Å². The monoisotopic (exact) mass is 401 g/mol. The molecule has 2 aliphatic rings. The summed E-state index contributed by atoms with van der Waals surface area (Å²) >= 11 is 6.16. The van der Waals surface area contributed by atoms with E-state index in [4.69, 9.17) is 11.6 Å². The molecule has 0 radical (unpaired) electrons. The number of hydrogen-bond donors (Lipinski definition) is 2. The van der Waals surface area contributed by atoms with Gasteiger partial charge in [0, 0.05) is 12.2 Å². The molecule has 1 saturated heterocycles. The standard InChI is InChI=1S/C20H17ClFN3O3/c21-14-3-1-2-4-17(14)25-8-7-16(20(25)28)24-19(27)13-10-11-9-12(22)5-6-15(11)23-18(13)26/h1-6,9,13,16H,7-8,10H2,(H,23,26)(H,24,27). The number of carbonyl (C=O) groups is 3. The zero-order valence-electron chi connectivity index (χ0n) is 14.7. The Morgan fingerprint density at radius 2 is 2.00 bits per heavy atom. The Labute approximate surface area is 165 Å². The number of hydrogen-bond acceptors (Lipinski definition) is 3. The summed E-state index contributed by atoms with van der Waals surface area (Å²) in [7, 11) is 0. The van der Waals surface area contributed by atoms with Crippen molar-refractivity contribution in [2.75, 3.05) is 16.8 Å². The Kier molecular flexibility index (Phi) is 4.77. The molecule has 0 saturated carbocycles. The van der Waals surface area contributed by atoms with Gasteiger partial charge in [-0.15, -0.1) is 0 Å². The molecule has 2 aromatic carbocycles. The van der Waals surface area contributed by atoms with E-state index in [-0.39, 0.29) is 12.3 Å². The van der Waals surface area contributed by atoms with Crippen LogP contribution in [0.1, 0.15) is 12.0 Å². The highest BCUT2D eigenvalue weighted by Gasteiger charge is 2.38. The van der Waals surface area contributed by atoms with Crippen LogP contribution in [0, 0.1) is 11.7 Å². The molecule has 0 aliphatic carbocycles. The van der Waals surface area contributed by atoms with E-state index in [9.17, 15) is 18.8 Å². The van der Waals surface area contributed by atoms with Crippen molar-refractivity contribution in [3.8, 4) is 0 Å². The van der Waals surface area contributed by atoms with E-state index in [1.54, 1.807) is 24.3 Å². The van der Waals surface area contributed by atoms with Crippen molar-refractivity contribution >= 4 is 40.7 Å². The minimum Gasteiger partial charge on any atom is -0.344 e. The number of carbonyl (C=O) groups excluding carboxylic acids is 3. The minimum absolute atomic E-state index is 0.0832. The Bertz CT molecular complexity index is 981. The van der Waals surface area contributed by atoms with Gasteiger partial charge in [-0.1, -0.05) is 23.7 Å². The number of anilines is 2. The first-order chi connectivity index (χ1) is 13.4. The first-order valence-corrected chi connectivity index (χ1v) is 9.27. The molecule has 8 heteroatoms. The number of nitrogens with one attached hydrogen (secondary N) is 2. The van der Waals surface area contributed by atoms with Crippen LogP contribution in [-0.2, 0) is 20.8 Å². The number of halogens is 2. The van der Waals surface area contributed by atoms with Crippen molar-refractivity contribution in [3.05, 3.63) is 58.9 Å². The zero-order valence-corrected chi connectivity index (χ0v) is 15.5. The van der Waals surface area contributed by atoms with Crippen LogP contribution in [0.2, 0.25) is 5.02 Å². The van der Waals surface area contributed by atoms with Gasteiger partial charge in [0.2, 0.25) is 17.7 Å². The molecule has 0 bridgehead atoms. The summed E-state index contributed by atoms with van der Waals surface area (Å²) in [5.41, 5.74) is 1.64. The normalized spacial score (nSPS) is 21.3. The molecule has 2 aliphatic heterocycles. The smallest absolute Gasteiger partial charge is 0.249 e. The third-order valence-corrected chi connectivity index (χ3v) is 5.37. The number of rotatable bonds is 3. The summed E-state index contributed by atoms with van der Waals surface area (Å²) in [5, 5.41) is 5.73. The first kappa shape index (κ1) is 18.4. The average molecular weight is 402 g/mol. The molecule has 3 amide bonds. The summed E-state index contributed by atoms with van der Waals surface area (Å²) in [6, 6.07) is 10.3. The second-order valence-corrected chi connectivity index (χ2v) is 7.25. The third-order valence-electron chi connectivity index (χ3n) is 5.05. The predicted molar refractivity (Wildman–Crippen MR) is 103 cm³/mol. The van der Waals surface area contributed by atoms with Crippen molar-refractivity contribution in [3.63, 3.8) is 0 Å². The number of nitrogens with zero attached hydrogens (tertiary/aromatic N) is 1. The van der Waals surface area contributed by atoms with Crippen LogP contribution in [0.3, 0.4) is 0 Å². The molecule has 0 spiro atoms. The van der Waals surface area contributed by atoms with Crippen LogP contribution in [0.25, 0.3) is 0 Å². The lowest BCUT2D eigenvalue weighted by atomic mass is 9.92. The maximum atomic E-state index is 13.5. The van der Waals surface area contributed by atoms with E-state index < -0.39 is 29.6 Å². The molecule has 4 rings (SSSR count). The van der Waals surface area contributed by atoms with E-state index in [1.807, 2.05) is 0 Å². The van der Waals surface area contributed by atoms with Crippen molar-refractivity contribution < 1.29 is 18.8 Å². The molecule has 144 valence electrons. The number of fused-ring (bicyclic) bond motifs is 1. The second kappa shape index (κ2) is 7.24. The van der Waals surface area contributed by atoms with Gasteiger partial charge in [-0.25, -0.2) is 4.39 Å². The van der Waals surface area contributed by atoms with E-state index >= 15 is 0 Å². The molecule has 2 N–H and O–H groups in total. The fourth-order valence-corrected chi connectivity index (χ4v) is 3.83. The van der Waals surface area contributed by atoms with Crippen LogP contribution < -0.4 is 15.5 Å². The molecule has 6 nitrogen and oxygen atoms in total. The van der Waals surface area contributed by atoms with Gasteiger partial charge in [0.1, 0.15) is 17.8 Å². The summed E-state index contributed by atoms with van der Waals surface area (Å²) in [6.07, 6.45) is 0.495. The van der Waals surface area contributed by atoms with Crippen molar-refractivity contribution in [2.45, 2.75) is 18.9 Å². The predicted octanol–water partition coefficient (Wildman–Crippen LogP) is 2.51. The largest absolute Gasteiger partial charge is 0.344 e. The zero-order chi connectivity index (χ0) is 19.8. The highest BCUT2D eigenvalue weighted by molar-refractivity contribution is 6.34. The van der Waals surface area contributed by atoms with Gasteiger partial charge in [0.25, 0.3) is 0 Å². The molecule has 0 aromatic heterocycles. The summed E-state index contributed by atoms with van der Waals surface area (Å²) in [5.74, 6) is -2.74. The number of amides is 3. The fourth-order valence-electron chi connectivity index (χ4n) is 3.59. The van der Waals surface area contributed by atoms with Crippen LogP contribution in [0.5, 0.6) is 0 Å². The van der Waals surface area contributed by atoms with Crippen molar-refractivity contribution in [1.29, 1.82) is 0 Å².